The molecule has 0 atom stereocenters. The maximum atomic E-state index is 5.81. The molecule has 0 aromatic heterocycles. The number of nitrogens with two attached hydrogens (primary N) is 1. The average Bonchev–Trinajstić information content (AvgIpc) is 3.22. The molecular weight excluding hydrogens is 320 g/mol. The van der Waals surface area contributed by atoms with Gasteiger partial charge in [0.2, 0.25) is 0 Å². The van der Waals surface area contributed by atoms with Gasteiger partial charge >= 0.3 is 0 Å². The van der Waals surface area contributed by atoms with Crippen LogP contribution < -0.4 is 11.1 Å². The molecule has 0 aromatic rings. The lowest BCUT2D eigenvalue weighted by molar-refractivity contribution is 0.873. The number of H-pyrrole nitrogens is 2. The maximum Gasteiger partial charge on any atom is 0.111 e. The molecule has 0 spiro atoms. The Labute approximate surface area is 155 Å². The van der Waals surface area contributed by atoms with Crippen LogP contribution in [0, 0.1) is 0 Å². The van der Waals surface area contributed by atoms with Crippen molar-refractivity contribution >= 4 is 11.6 Å². The zero-order valence-electron chi connectivity index (χ0n) is 15.9. The van der Waals surface area contributed by atoms with Crippen molar-refractivity contribution in [3.05, 3.63) is 60.4 Å². The van der Waals surface area contributed by atoms with Crippen LogP contribution >= 0.6 is 0 Å². The molecule has 0 radical (unpaired) electrons. The van der Waals surface area contributed by atoms with Crippen molar-refractivity contribution in [2.24, 2.45) is 0 Å². The summed E-state index contributed by atoms with van der Waals surface area (Å²) < 4.78 is 0. The van der Waals surface area contributed by atoms with Crippen LogP contribution in [0.25, 0.3) is 22.3 Å². The van der Waals surface area contributed by atoms with E-state index in [1.54, 1.807) is 0 Å². The van der Waals surface area contributed by atoms with Crippen molar-refractivity contribution < 1.29 is 0 Å². The van der Waals surface area contributed by atoms with Crippen LogP contribution in [-0.2, 0) is 0 Å². The highest BCUT2D eigenvalue weighted by Gasteiger charge is 2.13. The molecule has 0 fully saturated rings. The number of anilines is 2. The van der Waals surface area contributed by atoms with Gasteiger partial charge in [0.15, 0.2) is 0 Å². The zero-order valence-corrected chi connectivity index (χ0v) is 15.9. The molecule has 0 bridgehead atoms. The monoisotopic (exact) mass is 348 g/mol. The number of rotatable bonds is 3. The van der Waals surface area contributed by atoms with Gasteiger partial charge in [0.1, 0.15) is 11.6 Å². The third kappa shape index (κ3) is 3.69. The van der Waals surface area contributed by atoms with E-state index < -0.39 is 0 Å². The van der Waals surface area contributed by atoms with Gasteiger partial charge in [-0.3, -0.25) is 0 Å². The van der Waals surface area contributed by atoms with Crippen molar-refractivity contribution in [2.45, 2.75) is 39.7 Å². The molecular formula is C22H28N4. The van der Waals surface area contributed by atoms with Crippen molar-refractivity contribution in [2.75, 3.05) is 11.1 Å². The first-order chi connectivity index (χ1) is 12.5. The highest BCUT2D eigenvalue weighted by Crippen LogP contribution is 2.35. The van der Waals surface area contributed by atoms with E-state index in [0.29, 0.717) is 12.0 Å². The van der Waals surface area contributed by atoms with Gasteiger partial charge in [-0.05, 0) is 48.6 Å². The Morgan fingerprint density at radius 1 is 0.808 bits per heavy atom. The van der Waals surface area contributed by atoms with Crippen molar-refractivity contribution in [3.63, 3.8) is 0 Å². The van der Waals surface area contributed by atoms with E-state index >= 15 is 0 Å². The maximum absolute atomic E-state index is 5.81. The van der Waals surface area contributed by atoms with Crippen LogP contribution in [0.4, 0.5) is 11.6 Å². The van der Waals surface area contributed by atoms with Crippen LogP contribution in [0.2, 0.25) is 0 Å². The molecule has 2 aliphatic heterocycles. The van der Waals surface area contributed by atoms with Gasteiger partial charge in [0.25, 0.3) is 0 Å². The summed E-state index contributed by atoms with van der Waals surface area (Å²) in [5.41, 5.74) is 12.1. The number of nitrogens with one attached hydrogen (secondary N) is 3. The first-order valence-corrected chi connectivity index (χ1v) is 9.15. The smallest absolute Gasteiger partial charge is 0.111 e. The Morgan fingerprint density at radius 2 is 1.58 bits per heavy atom. The van der Waals surface area contributed by atoms with Crippen molar-refractivity contribution in [1.82, 2.24) is 9.97 Å². The molecule has 4 heteroatoms. The number of aromatic amines is 2. The first kappa shape index (κ1) is 17.9. The van der Waals surface area contributed by atoms with E-state index in [2.05, 4.69) is 85.4 Å². The highest BCUT2D eigenvalue weighted by atomic mass is 15.0. The summed E-state index contributed by atoms with van der Waals surface area (Å²) in [4.78, 5) is 6.22. The molecule has 0 saturated carbocycles. The summed E-state index contributed by atoms with van der Waals surface area (Å²) >= 11 is 0. The minimum atomic E-state index is 0.455. The van der Waals surface area contributed by atoms with Crippen LogP contribution in [0.3, 0.4) is 0 Å². The lowest BCUT2D eigenvalue weighted by Crippen LogP contribution is -2.11. The van der Waals surface area contributed by atoms with Crippen molar-refractivity contribution in [1.29, 1.82) is 0 Å². The highest BCUT2D eigenvalue weighted by molar-refractivity contribution is 5.79. The van der Waals surface area contributed by atoms with Gasteiger partial charge in [0, 0.05) is 29.6 Å². The minimum Gasteiger partial charge on any atom is -0.385 e. The summed E-state index contributed by atoms with van der Waals surface area (Å²) in [6, 6.07) is 15.2. The van der Waals surface area contributed by atoms with Crippen LogP contribution in [0.15, 0.2) is 54.9 Å². The van der Waals surface area contributed by atoms with Gasteiger partial charge in [-0.25, -0.2) is 0 Å². The van der Waals surface area contributed by atoms with Gasteiger partial charge in [-0.15, -0.1) is 0 Å². The molecule has 4 nitrogen and oxygen atoms in total. The van der Waals surface area contributed by atoms with E-state index in [0.717, 1.165) is 17.2 Å². The quantitative estimate of drug-likeness (QED) is 0.380. The minimum absolute atomic E-state index is 0.455. The van der Waals surface area contributed by atoms with Crippen LogP contribution in [-0.4, -0.2) is 16.0 Å². The summed E-state index contributed by atoms with van der Waals surface area (Å²) in [7, 11) is 0. The summed E-state index contributed by atoms with van der Waals surface area (Å²) in [6.07, 6.45) is 3.86. The third-order valence-corrected chi connectivity index (χ3v) is 4.47. The Bertz CT molecular complexity index is 900. The predicted octanol–water partition coefficient (Wildman–Crippen LogP) is 5.76. The number of fused-ring (bicyclic) bond motifs is 2. The largest absolute Gasteiger partial charge is 0.385 e. The van der Waals surface area contributed by atoms with E-state index in [1.807, 2.05) is 12.4 Å². The van der Waals surface area contributed by atoms with Gasteiger partial charge < -0.3 is 21.0 Å². The Kier molecular flexibility index (Phi) is 5.21. The number of hydrogen-bond donors (Lipinski definition) is 4. The topological polar surface area (TPSA) is 69.6 Å². The lowest BCUT2D eigenvalue weighted by atomic mass is 10.00. The molecule has 5 N–H and O–H groups in total. The molecule has 2 aliphatic carbocycles. The Hall–Kier alpha value is -2.88. The van der Waals surface area contributed by atoms with E-state index in [-0.39, 0.29) is 0 Å². The lowest BCUT2D eigenvalue weighted by Gasteiger charge is -2.13. The standard InChI is InChI=1S/2C11H14N2/c1-7(2)8-3-4-10-9(8)5-6-13-11(10)12;1-8(2)13-11-10-5-3-4-9(10)6-7-12-11/h3-7,13H,12H2,1-2H3;3-8,12-13H,1-2H3. The normalized spacial score (nSPS) is 11.2. The fraction of sp³-hybridized carbons (Fsp3) is 0.273. The molecule has 4 aliphatic rings. The third-order valence-electron chi connectivity index (χ3n) is 4.47. The molecule has 0 unspecified atom stereocenters. The summed E-state index contributed by atoms with van der Waals surface area (Å²) in [5.74, 6) is 2.42. The number of nitrogen functional groups attached to an aromatic ring is 1. The van der Waals surface area contributed by atoms with E-state index in [9.17, 15) is 0 Å². The molecule has 26 heavy (non-hydrogen) atoms. The van der Waals surface area contributed by atoms with Gasteiger partial charge in [-0.1, -0.05) is 44.2 Å². The summed E-state index contributed by atoms with van der Waals surface area (Å²) in [5, 5.41) is 3.38. The fourth-order valence-corrected chi connectivity index (χ4v) is 3.23. The van der Waals surface area contributed by atoms with Crippen LogP contribution in [0.5, 0.6) is 0 Å². The Balaban J connectivity index is 0.000000151. The van der Waals surface area contributed by atoms with Gasteiger partial charge in [-0.2, -0.15) is 0 Å². The van der Waals surface area contributed by atoms with E-state index in [4.69, 9.17) is 5.73 Å². The zero-order chi connectivity index (χ0) is 18.7. The number of pyridine rings is 2. The second kappa shape index (κ2) is 7.56. The molecule has 136 valence electrons. The SMILES string of the molecule is CC(C)Nc1[nH]ccc2cccc1-2.CC(C)c1ccc2c(N)[nH]ccc1-2. The predicted molar refractivity (Wildman–Crippen MR) is 112 cm³/mol. The fourth-order valence-electron chi connectivity index (χ4n) is 3.23. The Morgan fingerprint density at radius 3 is 2.31 bits per heavy atom. The molecule has 0 saturated heterocycles. The second-order valence-electron chi connectivity index (χ2n) is 7.21. The molecule has 0 amide bonds. The van der Waals surface area contributed by atoms with Gasteiger partial charge in [0.05, 0.1) is 0 Å². The number of aromatic nitrogens is 2. The molecule has 2 heterocycles. The molecule has 0 aromatic carbocycles. The van der Waals surface area contributed by atoms with Crippen molar-refractivity contribution in [3.8, 4) is 22.3 Å². The average molecular weight is 348 g/mol. The first-order valence-electron chi connectivity index (χ1n) is 9.15. The van der Waals surface area contributed by atoms with E-state index in [1.165, 1.54) is 22.3 Å². The molecule has 4 rings (SSSR count). The second-order valence-corrected chi connectivity index (χ2v) is 7.21. The number of hydrogen-bond acceptors (Lipinski definition) is 2. The van der Waals surface area contributed by atoms with Crippen LogP contribution in [0.1, 0.15) is 39.2 Å². The summed E-state index contributed by atoms with van der Waals surface area (Å²) in [6.45, 7) is 8.66.